The molecule has 0 unspecified atom stereocenters. The van der Waals surface area contributed by atoms with E-state index in [-0.39, 0.29) is 16.8 Å². The highest BCUT2D eigenvalue weighted by Gasteiger charge is 2.25. The van der Waals surface area contributed by atoms with Crippen LogP contribution in [-0.2, 0) is 0 Å². The summed E-state index contributed by atoms with van der Waals surface area (Å²) in [5.74, 6) is 0.383. The maximum atomic E-state index is 10.6. The maximum absolute atomic E-state index is 10.6. The number of nitro benzene ring substituents is 1. The number of aliphatic hydroxyl groups is 1. The van der Waals surface area contributed by atoms with E-state index in [2.05, 4.69) is 0 Å². The molecule has 0 heterocycles. The van der Waals surface area contributed by atoms with Gasteiger partial charge in [-0.15, -0.1) is 0 Å². The average molecular weight is 272 g/mol. The summed E-state index contributed by atoms with van der Waals surface area (Å²) >= 11 is 5.93. The summed E-state index contributed by atoms with van der Waals surface area (Å²) < 4.78 is 5.63. The summed E-state index contributed by atoms with van der Waals surface area (Å²) in [5, 5.41) is 20.6. The van der Waals surface area contributed by atoms with Gasteiger partial charge in [-0.2, -0.15) is 0 Å². The Morgan fingerprint density at radius 2 is 2.11 bits per heavy atom. The summed E-state index contributed by atoms with van der Waals surface area (Å²) in [6.45, 7) is 0. The van der Waals surface area contributed by atoms with Crippen molar-refractivity contribution in [3.8, 4) is 5.75 Å². The molecule has 0 amide bonds. The van der Waals surface area contributed by atoms with Gasteiger partial charge in [-0.25, -0.2) is 0 Å². The molecule has 2 rings (SSSR count). The molecular weight excluding hydrogens is 258 g/mol. The van der Waals surface area contributed by atoms with Crippen molar-refractivity contribution < 1.29 is 14.8 Å². The molecular formula is C12H14ClNO4. The topological polar surface area (TPSA) is 72.6 Å². The molecule has 0 radical (unpaired) electrons. The number of ether oxygens (including phenoxy) is 1. The van der Waals surface area contributed by atoms with Crippen molar-refractivity contribution >= 4 is 17.3 Å². The van der Waals surface area contributed by atoms with Crippen molar-refractivity contribution in [3.05, 3.63) is 33.3 Å². The van der Waals surface area contributed by atoms with E-state index in [1.807, 2.05) is 0 Å². The molecule has 98 valence electrons. The van der Waals surface area contributed by atoms with E-state index < -0.39 is 11.0 Å². The molecule has 5 nitrogen and oxygen atoms in total. The van der Waals surface area contributed by atoms with E-state index in [1.54, 1.807) is 0 Å². The van der Waals surface area contributed by atoms with Gasteiger partial charge >= 0.3 is 0 Å². The summed E-state index contributed by atoms with van der Waals surface area (Å²) in [7, 11) is 0. The molecule has 1 aliphatic carbocycles. The van der Waals surface area contributed by atoms with Gasteiger partial charge < -0.3 is 9.84 Å². The molecule has 0 spiro atoms. The van der Waals surface area contributed by atoms with Gasteiger partial charge in [-0.05, 0) is 25.3 Å². The number of aliphatic hydroxyl groups excluding tert-OH is 1. The molecule has 2 atom stereocenters. The standard InChI is InChI=1S/C12H14ClNO4/c13-9-7-8(14(16)17)5-6-11(9)18-12-4-2-1-3-10(12)15/h5-7,10,12,15H,1-4H2/t10-,12-/m0/s1. The highest BCUT2D eigenvalue weighted by molar-refractivity contribution is 6.32. The van der Waals surface area contributed by atoms with E-state index in [0.29, 0.717) is 5.75 Å². The molecule has 0 aliphatic heterocycles. The van der Waals surface area contributed by atoms with Crippen molar-refractivity contribution in [2.75, 3.05) is 0 Å². The van der Waals surface area contributed by atoms with Crippen molar-refractivity contribution in [2.24, 2.45) is 0 Å². The fourth-order valence-corrected chi connectivity index (χ4v) is 2.30. The monoisotopic (exact) mass is 271 g/mol. The lowest BCUT2D eigenvalue weighted by atomic mass is 9.95. The maximum Gasteiger partial charge on any atom is 0.271 e. The van der Waals surface area contributed by atoms with Crippen molar-refractivity contribution in [1.82, 2.24) is 0 Å². The molecule has 1 N–H and O–H groups in total. The predicted molar refractivity (Wildman–Crippen MR) is 67.0 cm³/mol. The second-order valence-electron chi connectivity index (χ2n) is 4.38. The largest absolute Gasteiger partial charge is 0.486 e. The lowest BCUT2D eigenvalue weighted by Crippen LogP contribution is -2.34. The van der Waals surface area contributed by atoms with Gasteiger partial charge in [0.05, 0.1) is 16.0 Å². The number of nitro groups is 1. The summed E-state index contributed by atoms with van der Waals surface area (Å²) in [6.07, 6.45) is 2.72. The molecule has 0 aromatic heterocycles. The second kappa shape index (κ2) is 5.54. The van der Waals surface area contributed by atoms with E-state index in [9.17, 15) is 15.2 Å². The first-order chi connectivity index (χ1) is 8.58. The Kier molecular flexibility index (Phi) is 4.04. The highest BCUT2D eigenvalue weighted by Crippen LogP contribution is 2.32. The lowest BCUT2D eigenvalue weighted by Gasteiger charge is -2.28. The molecule has 18 heavy (non-hydrogen) atoms. The Bertz CT molecular complexity index is 452. The van der Waals surface area contributed by atoms with Crippen LogP contribution in [0.3, 0.4) is 0 Å². The molecule has 0 bridgehead atoms. The molecule has 6 heteroatoms. The van der Waals surface area contributed by atoms with Crippen LogP contribution in [0.4, 0.5) is 5.69 Å². The lowest BCUT2D eigenvalue weighted by molar-refractivity contribution is -0.384. The van der Waals surface area contributed by atoms with Crippen LogP contribution >= 0.6 is 11.6 Å². The fourth-order valence-electron chi connectivity index (χ4n) is 2.08. The summed E-state index contributed by atoms with van der Waals surface area (Å²) in [5.41, 5.74) is -0.0726. The first kappa shape index (κ1) is 13.1. The minimum atomic E-state index is -0.509. The number of hydrogen-bond acceptors (Lipinski definition) is 4. The fraction of sp³-hybridized carbons (Fsp3) is 0.500. The van der Waals surface area contributed by atoms with Crippen molar-refractivity contribution in [3.63, 3.8) is 0 Å². The molecule has 1 aromatic rings. The third-order valence-electron chi connectivity index (χ3n) is 3.07. The zero-order valence-electron chi connectivity index (χ0n) is 9.71. The van der Waals surface area contributed by atoms with Crippen LogP contribution in [0.5, 0.6) is 5.75 Å². The van der Waals surface area contributed by atoms with Crippen LogP contribution in [0.2, 0.25) is 5.02 Å². The van der Waals surface area contributed by atoms with Crippen LogP contribution in [0, 0.1) is 10.1 Å². The zero-order valence-corrected chi connectivity index (χ0v) is 10.5. The van der Waals surface area contributed by atoms with E-state index in [0.717, 1.165) is 25.7 Å². The SMILES string of the molecule is O=[N+]([O-])c1ccc(O[C@H]2CCCC[C@@H]2O)c(Cl)c1. The third-order valence-corrected chi connectivity index (χ3v) is 3.37. The van der Waals surface area contributed by atoms with Gasteiger partial charge in [-0.1, -0.05) is 18.0 Å². The van der Waals surface area contributed by atoms with Crippen LogP contribution in [0.25, 0.3) is 0 Å². The van der Waals surface area contributed by atoms with Gasteiger partial charge in [0.15, 0.2) is 0 Å². The summed E-state index contributed by atoms with van der Waals surface area (Å²) in [6, 6.07) is 4.07. The molecule has 1 aromatic carbocycles. The first-order valence-corrected chi connectivity index (χ1v) is 6.24. The van der Waals surface area contributed by atoms with Gasteiger partial charge in [0.25, 0.3) is 5.69 Å². The Morgan fingerprint density at radius 1 is 1.39 bits per heavy atom. The minimum absolute atomic E-state index is 0.0726. The number of non-ortho nitro benzene ring substituents is 1. The quantitative estimate of drug-likeness (QED) is 0.678. The van der Waals surface area contributed by atoms with Gasteiger partial charge in [0.1, 0.15) is 11.9 Å². The molecule has 1 aliphatic rings. The Balaban J connectivity index is 2.11. The second-order valence-corrected chi connectivity index (χ2v) is 4.79. The third kappa shape index (κ3) is 2.91. The van der Waals surface area contributed by atoms with E-state index >= 15 is 0 Å². The number of halogens is 1. The number of benzene rings is 1. The smallest absolute Gasteiger partial charge is 0.271 e. The number of hydrogen-bond donors (Lipinski definition) is 1. The highest BCUT2D eigenvalue weighted by atomic mass is 35.5. The molecule has 1 fully saturated rings. The molecule has 1 saturated carbocycles. The average Bonchev–Trinajstić information content (AvgIpc) is 2.34. The van der Waals surface area contributed by atoms with Gasteiger partial charge in [0, 0.05) is 12.1 Å². The van der Waals surface area contributed by atoms with E-state index in [1.165, 1.54) is 18.2 Å². The van der Waals surface area contributed by atoms with Gasteiger partial charge in [-0.3, -0.25) is 10.1 Å². The summed E-state index contributed by atoms with van der Waals surface area (Å²) in [4.78, 5) is 10.1. The van der Waals surface area contributed by atoms with Crippen LogP contribution in [0.1, 0.15) is 25.7 Å². The first-order valence-electron chi connectivity index (χ1n) is 5.86. The van der Waals surface area contributed by atoms with Crippen molar-refractivity contribution in [1.29, 1.82) is 0 Å². The minimum Gasteiger partial charge on any atom is -0.486 e. The Hall–Kier alpha value is -1.33. The number of nitrogens with zero attached hydrogens (tertiary/aromatic N) is 1. The Morgan fingerprint density at radius 3 is 2.72 bits per heavy atom. The molecule has 0 saturated heterocycles. The normalized spacial score (nSPS) is 23.7. The van der Waals surface area contributed by atoms with Gasteiger partial charge in [0.2, 0.25) is 0 Å². The number of rotatable bonds is 3. The van der Waals surface area contributed by atoms with Crippen LogP contribution in [0.15, 0.2) is 18.2 Å². The predicted octanol–water partition coefficient (Wildman–Crippen LogP) is 2.93. The Labute approximate surface area is 109 Å². The zero-order chi connectivity index (χ0) is 13.1. The van der Waals surface area contributed by atoms with E-state index in [4.69, 9.17) is 16.3 Å². The van der Waals surface area contributed by atoms with Crippen molar-refractivity contribution in [2.45, 2.75) is 37.9 Å². The van der Waals surface area contributed by atoms with Crippen LogP contribution < -0.4 is 4.74 Å². The van der Waals surface area contributed by atoms with Crippen LogP contribution in [-0.4, -0.2) is 22.2 Å².